The Labute approximate surface area is 151 Å². The summed E-state index contributed by atoms with van der Waals surface area (Å²) in [6.45, 7) is 2.51. The van der Waals surface area contributed by atoms with Gasteiger partial charge in [-0.25, -0.2) is 9.78 Å². The average Bonchev–Trinajstić information content (AvgIpc) is 3.09. The van der Waals surface area contributed by atoms with E-state index in [1.54, 1.807) is 0 Å². The Morgan fingerprint density at radius 1 is 1.38 bits per heavy atom. The Hall–Kier alpha value is -2.35. The van der Waals surface area contributed by atoms with Crippen molar-refractivity contribution in [2.45, 2.75) is 50.9 Å². The van der Waals surface area contributed by atoms with Gasteiger partial charge in [0.2, 0.25) is 0 Å². The molecule has 2 aliphatic heterocycles. The number of aromatic nitrogens is 1. The van der Waals surface area contributed by atoms with Crippen LogP contribution in [-0.2, 0) is 14.3 Å². The van der Waals surface area contributed by atoms with Crippen LogP contribution >= 0.6 is 0 Å². The minimum atomic E-state index is -0.795. The fourth-order valence-electron chi connectivity index (χ4n) is 3.64. The van der Waals surface area contributed by atoms with Gasteiger partial charge in [0.15, 0.2) is 17.2 Å². The molecule has 8 heteroatoms. The summed E-state index contributed by atoms with van der Waals surface area (Å²) in [6.07, 6.45) is 4.02. The third kappa shape index (κ3) is 3.75. The Kier molecular flexibility index (Phi) is 5.61. The molecule has 3 rings (SSSR count). The van der Waals surface area contributed by atoms with Gasteiger partial charge in [0.1, 0.15) is 12.1 Å². The van der Waals surface area contributed by atoms with Crippen LogP contribution in [-0.4, -0.2) is 53.9 Å². The summed E-state index contributed by atoms with van der Waals surface area (Å²) in [7, 11) is 1.38. The van der Waals surface area contributed by atoms with Crippen LogP contribution in [0.2, 0.25) is 0 Å². The minimum absolute atomic E-state index is 0.0857. The summed E-state index contributed by atoms with van der Waals surface area (Å²) in [6, 6.07) is 0.650. The normalized spacial score (nSPS) is 28.9. The molecule has 0 spiro atoms. The van der Waals surface area contributed by atoms with E-state index in [0.717, 1.165) is 19.3 Å². The molecule has 142 valence electrons. The first-order valence-corrected chi connectivity index (χ1v) is 8.86. The number of carbonyl (C=O) groups excluding carboxylic acids is 2. The molecular weight excluding hydrogens is 340 g/mol. The zero-order chi connectivity index (χ0) is 18.7. The highest BCUT2D eigenvalue weighted by atomic mass is 16.6. The maximum atomic E-state index is 12.5. The van der Waals surface area contributed by atoms with Crippen molar-refractivity contribution in [3.05, 3.63) is 18.0 Å². The van der Waals surface area contributed by atoms with Crippen molar-refractivity contribution < 1.29 is 28.9 Å². The first-order chi connectivity index (χ1) is 12.5. The molecule has 26 heavy (non-hydrogen) atoms. The quantitative estimate of drug-likeness (QED) is 0.781. The first kappa shape index (κ1) is 18.4. The van der Waals surface area contributed by atoms with E-state index in [-0.39, 0.29) is 29.4 Å². The number of ether oxygens (including phenoxy) is 3. The summed E-state index contributed by atoms with van der Waals surface area (Å²) in [5, 5.41) is 12.7. The van der Waals surface area contributed by atoms with E-state index >= 15 is 0 Å². The number of methoxy groups -OCH3 is 1. The van der Waals surface area contributed by atoms with E-state index in [2.05, 4.69) is 10.3 Å². The second-order valence-electron chi connectivity index (χ2n) is 6.69. The molecule has 2 saturated heterocycles. The van der Waals surface area contributed by atoms with Crippen molar-refractivity contribution >= 4 is 11.9 Å². The van der Waals surface area contributed by atoms with Crippen LogP contribution < -0.4 is 10.1 Å². The predicted octanol–water partition coefficient (Wildman–Crippen LogP) is 1.41. The van der Waals surface area contributed by atoms with E-state index in [1.165, 1.54) is 19.4 Å². The molecule has 2 fully saturated rings. The van der Waals surface area contributed by atoms with Gasteiger partial charge < -0.3 is 24.6 Å². The number of fused-ring (bicyclic) bond motifs is 1. The minimum Gasteiger partial charge on any atom is -0.503 e. The lowest BCUT2D eigenvalue weighted by Gasteiger charge is -2.24. The molecule has 1 aromatic heterocycles. The molecule has 1 amide bonds. The number of cyclic esters (lactones) is 1. The molecule has 1 aromatic rings. The number of pyridine rings is 1. The molecule has 0 aliphatic carbocycles. The van der Waals surface area contributed by atoms with Crippen LogP contribution in [0.1, 0.15) is 43.1 Å². The van der Waals surface area contributed by atoms with Gasteiger partial charge in [0.05, 0.1) is 13.2 Å². The molecule has 0 aromatic carbocycles. The van der Waals surface area contributed by atoms with Gasteiger partial charge in [-0.2, -0.15) is 0 Å². The van der Waals surface area contributed by atoms with Gasteiger partial charge in [-0.15, -0.1) is 0 Å². The van der Waals surface area contributed by atoms with Gasteiger partial charge in [-0.1, -0.05) is 6.42 Å². The van der Waals surface area contributed by atoms with E-state index in [4.69, 9.17) is 14.2 Å². The number of rotatable bonds is 3. The van der Waals surface area contributed by atoms with Crippen LogP contribution in [0.3, 0.4) is 0 Å². The van der Waals surface area contributed by atoms with Gasteiger partial charge in [0.25, 0.3) is 5.91 Å². The average molecular weight is 364 g/mol. The fraction of sp³-hybridized carbons (Fsp3) is 0.611. The van der Waals surface area contributed by atoms with Gasteiger partial charge >= 0.3 is 5.97 Å². The third-order valence-corrected chi connectivity index (χ3v) is 5.01. The molecule has 0 unspecified atom stereocenters. The predicted molar refractivity (Wildman–Crippen MR) is 91.0 cm³/mol. The van der Waals surface area contributed by atoms with Crippen LogP contribution in [0.25, 0.3) is 0 Å². The number of nitrogens with one attached hydrogen (secondary N) is 1. The Bertz CT molecular complexity index is 680. The van der Waals surface area contributed by atoms with Gasteiger partial charge in [-0.3, -0.25) is 4.79 Å². The highest BCUT2D eigenvalue weighted by Crippen LogP contribution is 2.31. The molecule has 2 N–H and O–H groups in total. The van der Waals surface area contributed by atoms with Crippen molar-refractivity contribution in [2.24, 2.45) is 5.92 Å². The van der Waals surface area contributed by atoms with Gasteiger partial charge in [-0.05, 0) is 32.1 Å². The lowest BCUT2D eigenvalue weighted by atomic mass is 9.92. The third-order valence-electron chi connectivity index (χ3n) is 5.01. The summed E-state index contributed by atoms with van der Waals surface area (Å²) >= 11 is 0. The molecule has 0 bridgehead atoms. The van der Waals surface area contributed by atoms with Crippen molar-refractivity contribution in [3.8, 4) is 11.5 Å². The molecule has 8 nitrogen and oxygen atoms in total. The monoisotopic (exact) mass is 364 g/mol. The fourth-order valence-corrected chi connectivity index (χ4v) is 3.64. The highest BCUT2D eigenvalue weighted by molar-refractivity contribution is 5.97. The number of carbonyl (C=O) groups is 2. The first-order valence-electron chi connectivity index (χ1n) is 8.86. The number of aromatic hydroxyl groups is 1. The molecular formula is C18H24N2O6. The molecule has 3 heterocycles. The maximum absolute atomic E-state index is 12.5. The van der Waals surface area contributed by atoms with Crippen LogP contribution in [0.15, 0.2) is 12.3 Å². The Morgan fingerprint density at radius 3 is 2.96 bits per heavy atom. The second-order valence-corrected chi connectivity index (χ2v) is 6.69. The zero-order valence-corrected chi connectivity index (χ0v) is 14.9. The highest BCUT2D eigenvalue weighted by Gasteiger charge is 2.37. The summed E-state index contributed by atoms with van der Waals surface area (Å²) in [5.74, 6) is -0.992. The van der Waals surface area contributed by atoms with Crippen molar-refractivity contribution in [3.63, 3.8) is 0 Å². The summed E-state index contributed by atoms with van der Waals surface area (Å²) in [5.41, 5.74) is -0.190. The zero-order valence-electron chi connectivity index (χ0n) is 14.9. The van der Waals surface area contributed by atoms with Crippen LogP contribution in [0, 0.1) is 5.92 Å². The molecule has 4 atom stereocenters. The van der Waals surface area contributed by atoms with Gasteiger partial charge in [0, 0.05) is 18.9 Å². The van der Waals surface area contributed by atoms with E-state index in [1.807, 2.05) is 6.92 Å². The Balaban J connectivity index is 1.72. The number of hydrogen-bond donors (Lipinski definition) is 2. The lowest BCUT2D eigenvalue weighted by Crippen LogP contribution is -2.44. The lowest BCUT2D eigenvalue weighted by molar-refractivity contribution is -0.157. The maximum Gasteiger partial charge on any atom is 0.329 e. The van der Waals surface area contributed by atoms with E-state index < -0.39 is 17.9 Å². The standard InChI is InChI=1S/C18H24N2O6/c1-10-16-11(7-9-25-16)4-3-5-12(18(23)26-10)20-17(22)14-15(21)13(24-2)6-8-19-14/h6,8,10-12,16,21H,3-5,7,9H2,1-2H3,(H,20,22)/t10-,11+,12-,16-/m0/s1. The summed E-state index contributed by atoms with van der Waals surface area (Å²) in [4.78, 5) is 28.9. The molecule has 0 radical (unpaired) electrons. The van der Waals surface area contributed by atoms with Crippen molar-refractivity contribution in [2.75, 3.05) is 13.7 Å². The molecule has 0 saturated carbocycles. The smallest absolute Gasteiger partial charge is 0.329 e. The van der Waals surface area contributed by atoms with Crippen LogP contribution in [0.5, 0.6) is 11.5 Å². The van der Waals surface area contributed by atoms with Crippen molar-refractivity contribution in [1.29, 1.82) is 0 Å². The molecule has 2 aliphatic rings. The largest absolute Gasteiger partial charge is 0.503 e. The summed E-state index contributed by atoms with van der Waals surface area (Å²) < 4.78 is 16.2. The number of esters is 1. The number of amides is 1. The number of nitrogens with zero attached hydrogens (tertiary/aromatic N) is 1. The van der Waals surface area contributed by atoms with Crippen molar-refractivity contribution in [1.82, 2.24) is 10.3 Å². The second kappa shape index (κ2) is 7.90. The van der Waals surface area contributed by atoms with Crippen LogP contribution in [0.4, 0.5) is 0 Å². The van der Waals surface area contributed by atoms with E-state index in [9.17, 15) is 14.7 Å². The SMILES string of the molecule is COc1ccnc(C(=O)N[C@H]2CCC[C@@H]3CCO[C@H]3[C@H](C)OC2=O)c1O. The Morgan fingerprint density at radius 2 is 2.19 bits per heavy atom. The topological polar surface area (TPSA) is 107 Å². The van der Waals surface area contributed by atoms with E-state index in [0.29, 0.717) is 18.9 Å². The number of hydrogen-bond acceptors (Lipinski definition) is 7.